The Kier molecular flexibility index (Phi) is 3.86. The first kappa shape index (κ1) is 13.2. The molecular weight excluding hydrogens is 264 g/mol. The minimum atomic E-state index is -0.271. The highest BCUT2D eigenvalue weighted by Gasteiger charge is 2.10. The van der Waals surface area contributed by atoms with E-state index in [0.717, 1.165) is 5.69 Å². The number of nitrogens with zero attached hydrogens (tertiary/aromatic N) is 3. The number of hydrogen-bond donors (Lipinski definition) is 2. The highest BCUT2D eigenvalue weighted by molar-refractivity contribution is 7.14. The van der Waals surface area contributed by atoms with Gasteiger partial charge in [0.05, 0.1) is 5.56 Å². The molecule has 0 bridgehead atoms. The summed E-state index contributed by atoms with van der Waals surface area (Å²) in [5.41, 5.74) is 2.25. The van der Waals surface area contributed by atoms with Gasteiger partial charge in [-0.2, -0.15) is 0 Å². The normalized spacial score (nSPS) is 11.4. The number of oxime groups is 1. The van der Waals surface area contributed by atoms with Crippen molar-refractivity contribution in [2.45, 2.75) is 13.8 Å². The van der Waals surface area contributed by atoms with Crippen LogP contribution in [0.5, 0.6) is 0 Å². The summed E-state index contributed by atoms with van der Waals surface area (Å²) in [4.78, 5) is 20.1. The van der Waals surface area contributed by atoms with Gasteiger partial charge in [0.15, 0.2) is 5.13 Å². The molecule has 0 atom stereocenters. The van der Waals surface area contributed by atoms with Crippen LogP contribution in [0.2, 0.25) is 0 Å². The van der Waals surface area contributed by atoms with Crippen LogP contribution in [0.15, 0.2) is 28.9 Å². The topological polar surface area (TPSA) is 87.5 Å². The minimum absolute atomic E-state index is 0.271. The van der Waals surface area contributed by atoms with Crippen molar-refractivity contribution in [2.24, 2.45) is 5.16 Å². The van der Waals surface area contributed by atoms with Gasteiger partial charge < -0.3 is 5.21 Å². The molecular formula is C12H12N4O2S. The standard InChI is InChI=1S/C12H12N4O2S/c1-7-3-4-9(5-13-7)11(17)15-12-14-10(6-19-12)8(2)16-18/h3-6,18H,1-2H3,(H,14,15,17). The van der Waals surface area contributed by atoms with Crippen molar-refractivity contribution in [2.75, 3.05) is 5.32 Å². The molecule has 0 aliphatic carbocycles. The fourth-order valence-electron chi connectivity index (χ4n) is 1.32. The second-order valence-corrected chi connectivity index (χ2v) is 4.72. The molecule has 98 valence electrons. The molecule has 0 spiro atoms. The Morgan fingerprint density at radius 1 is 1.47 bits per heavy atom. The van der Waals surface area contributed by atoms with Gasteiger partial charge in [0, 0.05) is 17.3 Å². The molecule has 0 aromatic carbocycles. The number of rotatable bonds is 3. The molecule has 0 saturated carbocycles. The first-order chi connectivity index (χ1) is 9.10. The van der Waals surface area contributed by atoms with Gasteiger partial charge in [0.25, 0.3) is 5.91 Å². The van der Waals surface area contributed by atoms with Crippen molar-refractivity contribution in [3.8, 4) is 0 Å². The summed E-state index contributed by atoms with van der Waals surface area (Å²) in [6, 6.07) is 3.47. The second-order valence-electron chi connectivity index (χ2n) is 3.87. The van der Waals surface area contributed by atoms with Crippen LogP contribution in [0.4, 0.5) is 5.13 Å². The lowest BCUT2D eigenvalue weighted by Crippen LogP contribution is -2.12. The zero-order chi connectivity index (χ0) is 13.8. The molecule has 2 heterocycles. The lowest BCUT2D eigenvalue weighted by molar-refractivity contribution is 0.102. The Morgan fingerprint density at radius 3 is 2.89 bits per heavy atom. The highest BCUT2D eigenvalue weighted by atomic mass is 32.1. The second kappa shape index (κ2) is 5.57. The zero-order valence-electron chi connectivity index (χ0n) is 10.4. The molecule has 0 unspecified atom stereocenters. The van der Waals surface area contributed by atoms with Crippen molar-refractivity contribution in [1.29, 1.82) is 0 Å². The van der Waals surface area contributed by atoms with E-state index in [2.05, 4.69) is 20.4 Å². The molecule has 0 fully saturated rings. The van der Waals surface area contributed by atoms with E-state index in [1.807, 2.05) is 6.92 Å². The van der Waals surface area contributed by atoms with Crippen LogP contribution in [-0.2, 0) is 0 Å². The molecule has 1 amide bonds. The largest absolute Gasteiger partial charge is 0.411 e. The lowest BCUT2D eigenvalue weighted by Gasteiger charge is -2.01. The summed E-state index contributed by atoms with van der Waals surface area (Å²) in [5, 5.41) is 16.5. The average molecular weight is 276 g/mol. The molecule has 7 heteroatoms. The maximum atomic E-state index is 11.9. The molecule has 0 aliphatic rings. The van der Waals surface area contributed by atoms with Crippen LogP contribution < -0.4 is 5.32 Å². The van der Waals surface area contributed by atoms with E-state index in [1.54, 1.807) is 24.4 Å². The van der Waals surface area contributed by atoms with Crippen molar-refractivity contribution in [3.05, 3.63) is 40.7 Å². The van der Waals surface area contributed by atoms with Crippen LogP contribution in [0, 0.1) is 6.92 Å². The summed E-state index contributed by atoms with van der Waals surface area (Å²) < 4.78 is 0. The summed E-state index contributed by atoms with van der Waals surface area (Å²) >= 11 is 1.26. The SMILES string of the molecule is CC(=NO)c1csc(NC(=O)c2ccc(C)nc2)n1. The summed E-state index contributed by atoms with van der Waals surface area (Å²) in [6.45, 7) is 3.48. The van der Waals surface area contributed by atoms with Gasteiger partial charge in [-0.05, 0) is 26.0 Å². The fraction of sp³-hybridized carbons (Fsp3) is 0.167. The Hall–Kier alpha value is -2.28. The number of aryl methyl sites for hydroxylation is 1. The van der Waals surface area contributed by atoms with E-state index >= 15 is 0 Å². The lowest BCUT2D eigenvalue weighted by atomic mass is 10.2. The van der Waals surface area contributed by atoms with Crippen LogP contribution in [0.3, 0.4) is 0 Å². The zero-order valence-corrected chi connectivity index (χ0v) is 11.2. The number of carbonyl (C=O) groups is 1. The molecule has 2 rings (SSSR count). The molecule has 2 N–H and O–H groups in total. The van der Waals surface area contributed by atoms with Crippen LogP contribution in [0.1, 0.15) is 28.7 Å². The Bertz CT molecular complexity index is 619. The van der Waals surface area contributed by atoms with Crippen molar-refractivity contribution in [1.82, 2.24) is 9.97 Å². The molecule has 6 nitrogen and oxygen atoms in total. The van der Waals surface area contributed by atoms with Gasteiger partial charge >= 0.3 is 0 Å². The van der Waals surface area contributed by atoms with E-state index in [0.29, 0.717) is 22.1 Å². The molecule has 0 aliphatic heterocycles. The third kappa shape index (κ3) is 3.14. The Morgan fingerprint density at radius 2 is 2.26 bits per heavy atom. The van der Waals surface area contributed by atoms with Gasteiger partial charge in [-0.25, -0.2) is 4.98 Å². The van der Waals surface area contributed by atoms with E-state index in [-0.39, 0.29) is 5.91 Å². The summed E-state index contributed by atoms with van der Waals surface area (Å²) in [7, 11) is 0. The number of anilines is 1. The van der Waals surface area contributed by atoms with Crippen molar-refractivity contribution in [3.63, 3.8) is 0 Å². The van der Waals surface area contributed by atoms with Crippen LogP contribution in [0.25, 0.3) is 0 Å². The highest BCUT2D eigenvalue weighted by Crippen LogP contribution is 2.17. The average Bonchev–Trinajstić information content (AvgIpc) is 2.87. The maximum Gasteiger partial charge on any atom is 0.259 e. The molecule has 0 radical (unpaired) electrons. The third-order valence-electron chi connectivity index (χ3n) is 2.42. The molecule has 19 heavy (non-hydrogen) atoms. The monoisotopic (exact) mass is 276 g/mol. The number of nitrogens with one attached hydrogen (secondary N) is 1. The molecule has 0 saturated heterocycles. The number of pyridine rings is 1. The number of carbonyl (C=O) groups excluding carboxylic acids is 1. The third-order valence-corrected chi connectivity index (χ3v) is 3.18. The number of amides is 1. The number of hydrogen-bond acceptors (Lipinski definition) is 6. The quantitative estimate of drug-likeness (QED) is 0.511. The van der Waals surface area contributed by atoms with Gasteiger partial charge in [-0.15, -0.1) is 11.3 Å². The summed E-state index contributed by atoms with van der Waals surface area (Å²) in [5.74, 6) is -0.271. The van der Waals surface area contributed by atoms with E-state index < -0.39 is 0 Å². The first-order valence-corrected chi connectivity index (χ1v) is 6.36. The maximum absolute atomic E-state index is 11.9. The number of aromatic nitrogens is 2. The minimum Gasteiger partial charge on any atom is -0.411 e. The first-order valence-electron chi connectivity index (χ1n) is 5.48. The fourth-order valence-corrected chi connectivity index (χ4v) is 2.07. The summed E-state index contributed by atoms with van der Waals surface area (Å²) in [6.07, 6.45) is 1.51. The predicted octanol–water partition coefficient (Wildman–Crippen LogP) is 2.30. The molecule has 2 aromatic heterocycles. The van der Waals surface area contributed by atoms with E-state index in [9.17, 15) is 4.79 Å². The van der Waals surface area contributed by atoms with Crippen LogP contribution in [-0.4, -0.2) is 26.8 Å². The smallest absolute Gasteiger partial charge is 0.259 e. The Labute approximate surface area is 113 Å². The van der Waals surface area contributed by atoms with Gasteiger partial charge in [0.1, 0.15) is 11.4 Å². The van der Waals surface area contributed by atoms with Gasteiger partial charge in [-0.1, -0.05) is 5.16 Å². The van der Waals surface area contributed by atoms with Crippen LogP contribution >= 0.6 is 11.3 Å². The Balaban J connectivity index is 2.11. The van der Waals surface area contributed by atoms with Crippen molar-refractivity contribution < 1.29 is 10.0 Å². The number of thiazole rings is 1. The van der Waals surface area contributed by atoms with E-state index in [4.69, 9.17) is 5.21 Å². The van der Waals surface area contributed by atoms with Gasteiger partial charge in [-0.3, -0.25) is 15.1 Å². The van der Waals surface area contributed by atoms with Crippen molar-refractivity contribution >= 4 is 28.1 Å². The predicted molar refractivity (Wildman–Crippen MR) is 73.0 cm³/mol. The van der Waals surface area contributed by atoms with E-state index in [1.165, 1.54) is 17.5 Å². The van der Waals surface area contributed by atoms with Gasteiger partial charge in [0.2, 0.25) is 0 Å². The molecule has 2 aromatic rings.